The van der Waals surface area contributed by atoms with Crippen LogP contribution in [0.3, 0.4) is 0 Å². The lowest BCUT2D eigenvalue weighted by Crippen LogP contribution is -2.01. The second-order valence-corrected chi connectivity index (χ2v) is 5.81. The molecule has 0 saturated carbocycles. The van der Waals surface area contributed by atoms with E-state index in [0.29, 0.717) is 10.8 Å². The van der Waals surface area contributed by atoms with Crippen molar-refractivity contribution >= 4 is 28.7 Å². The van der Waals surface area contributed by atoms with Crippen LogP contribution in [-0.2, 0) is 6.42 Å². The Hall–Kier alpha value is -1.12. The number of hydrogen-bond acceptors (Lipinski definition) is 2. The molecule has 0 aliphatic rings. The Morgan fingerprint density at radius 2 is 2.06 bits per heavy atom. The van der Waals surface area contributed by atoms with Gasteiger partial charge in [-0.05, 0) is 31.0 Å². The zero-order chi connectivity index (χ0) is 12.4. The maximum atomic E-state index is 12.0. The van der Waals surface area contributed by atoms with Crippen LogP contribution < -0.4 is 0 Å². The van der Waals surface area contributed by atoms with E-state index in [1.54, 1.807) is 0 Å². The normalized spacial score (nSPS) is 10.5. The van der Waals surface area contributed by atoms with E-state index >= 15 is 0 Å². The van der Waals surface area contributed by atoms with E-state index in [2.05, 4.69) is 0 Å². The molecular weight excluding hydrogens is 252 g/mol. The van der Waals surface area contributed by atoms with Gasteiger partial charge in [0.2, 0.25) is 0 Å². The van der Waals surface area contributed by atoms with Gasteiger partial charge in [0.25, 0.3) is 0 Å². The highest BCUT2D eigenvalue weighted by atomic mass is 35.5. The number of halogens is 1. The minimum atomic E-state index is 0.135. The zero-order valence-electron chi connectivity index (χ0n) is 9.79. The van der Waals surface area contributed by atoms with Gasteiger partial charge in [-0.3, -0.25) is 4.79 Å². The van der Waals surface area contributed by atoms with E-state index in [4.69, 9.17) is 11.6 Å². The third-order valence-corrected chi connectivity index (χ3v) is 4.18. The molecule has 0 bridgehead atoms. The summed E-state index contributed by atoms with van der Waals surface area (Å²) in [5.74, 6) is 0.135. The number of aryl methyl sites for hydroxylation is 2. The van der Waals surface area contributed by atoms with E-state index in [9.17, 15) is 4.79 Å². The summed E-state index contributed by atoms with van der Waals surface area (Å²) < 4.78 is 0.706. The molecule has 0 spiro atoms. The minimum Gasteiger partial charge on any atom is -0.293 e. The average molecular weight is 265 g/mol. The summed E-state index contributed by atoms with van der Waals surface area (Å²) in [7, 11) is 0. The van der Waals surface area contributed by atoms with Crippen molar-refractivity contribution in [3.8, 4) is 0 Å². The van der Waals surface area contributed by atoms with Crippen molar-refractivity contribution in [2.75, 3.05) is 0 Å². The van der Waals surface area contributed by atoms with Crippen LogP contribution in [0.5, 0.6) is 0 Å². The highest BCUT2D eigenvalue weighted by molar-refractivity contribution is 7.18. The molecule has 0 atom stereocenters. The van der Waals surface area contributed by atoms with Crippen molar-refractivity contribution in [1.29, 1.82) is 0 Å². The van der Waals surface area contributed by atoms with Gasteiger partial charge in [-0.15, -0.1) is 11.3 Å². The Morgan fingerprint density at radius 3 is 2.65 bits per heavy atom. The molecule has 0 aliphatic carbocycles. The number of carbonyl (C=O) groups is 1. The number of hydrogen-bond donors (Lipinski definition) is 0. The highest BCUT2D eigenvalue weighted by Crippen LogP contribution is 2.27. The molecule has 0 N–H and O–H groups in total. The SMILES string of the molecule is Cc1cccc(CC(=O)c2cc(C)c(Cl)s2)c1. The quantitative estimate of drug-likeness (QED) is 0.749. The number of benzene rings is 1. The van der Waals surface area contributed by atoms with Crippen molar-refractivity contribution < 1.29 is 4.79 Å². The molecular formula is C14H13ClOS. The fourth-order valence-corrected chi connectivity index (χ4v) is 2.83. The van der Waals surface area contributed by atoms with Crippen LogP contribution >= 0.6 is 22.9 Å². The topological polar surface area (TPSA) is 17.1 Å². The Kier molecular flexibility index (Phi) is 3.65. The fourth-order valence-electron chi connectivity index (χ4n) is 1.69. The largest absolute Gasteiger partial charge is 0.293 e. The summed E-state index contributed by atoms with van der Waals surface area (Å²) in [6.45, 7) is 3.95. The Bertz CT molecular complexity index is 538. The molecule has 0 fully saturated rings. The first-order chi connectivity index (χ1) is 8.06. The van der Waals surface area contributed by atoms with E-state index < -0.39 is 0 Å². The summed E-state index contributed by atoms with van der Waals surface area (Å²) in [5.41, 5.74) is 3.21. The van der Waals surface area contributed by atoms with Crippen LogP contribution in [0, 0.1) is 13.8 Å². The summed E-state index contributed by atoms with van der Waals surface area (Å²) in [6.07, 6.45) is 0.442. The third-order valence-electron chi connectivity index (χ3n) is 2.58. The Morgan fingerprint density at radius 1 is 1.29 bits per heavy atom. The van der Waals surface area contributed by atoms with Crippen molar-refractivity contribution in [3.63, 3.8) is 0 Å². The van der Waals surface area contributed by atoms with E-state index in [1.807, 2.05) is 44.2 Å². The molecule has 17 heavy (non-hydrogen) atoms. The molecule has 2 rings (SSSR count). The fraction of sp³-hybridized carbons (Fsp3) is 0.214. The van der Waals surface area contributed by atoms with Gasteiger partial charge in [-0.25, -0.2) is 0 Å². The number of Topliss-reactive ketones (excluding diaryl/α,β-unsaturated/α-hetero) is 1. The van der Waals surface area contributed by atoms with Crippen LogP contribution in [-0.4, -0.2) is 5.78 Å². The molecule has 3 heteroatoms. The lowest BCUT2D eigenvalue weighted by molar-refractivity contribution is 0.0997. The maximum Gasteiger partial charge on any atom is 0.177 e. The molecule has 0 aliphatic heterocycles. The lowest BCUT2D eigenvalue weighted by atomic mass is 10.1. The van der Waals surface area contributed by atoms with Crippen LogP contribution in [0.1, 0.15) is 26.4 Å². The van der Waals surface area contributed by atoms with Gasteiger partial charge in [-0.1, -0.05) is 41.4 Å². The van der Waals surface area contributed by atoms with E-state index in [1.165, 1.54) is 16.9 Å². The summed E-state index contributed by atoms with van der Waals surface area (Å²) in [5, 5.41) is 0. The lowest BCUT2D eigenvalue weighted by Gasteiger charge is -2.00. The van der Waals surface area contributed by atoms with Gasteiger partial charge in [0.05, 0.1) is 9.21 Å². The van der Waals surface area contributed by atoms with Crippen LogP contribution in [0.2, 0.25) is 4.34 Å². The monoisotopic (exact) mass is 264 g/mol. The van der Waals surface area contributed by atoms with Crippen molar-refractivity contribution in [2.24, 2.45) is 0 Å². The van der Waals surface area contributed by atoms with Gasteiger partial charge in [0.1, 0.15) is 0 Å². The zero-order valence-corrected chi connectivity index (χ0v) is 11.4. The molecule has 0 radical (unpaired) electrons. The van der Waals surface area contributed by atoms with E-state index in [-0.39, 0.29) is 5.78 Å². The summed E-state index contributed by atoms with van der Waals surface area (Å²) >= 11 is 7.33. The first-order valence-corrected chi connectivity index (χ1v) is 6.60. The van der Waals surface area contributed by atoms with Gasteiger partial charge in [-0.2, -0.15) is 0 Å². The molecule has 88 valence electrons. The molecule has 1 aromatic carbocycles. The predicted octanol–water partition coefficient (Wildman–Crippen LogP) is 4.44. The van der Waals surface area contributed by atoms with Crippen LogP contribution in [0.25, 0.3) is 0 Å². The molecule has 0 amide bonds. The van der Waals surface area contributed by atoms with Crippen LogP contribution in [0.15, 0.2) is 30.3 Å². The Labute approximate surface area is 110 Å². The molecule has 0 saturated heterocycles. The number of rotatable bonds is 3. The second-order valence-electron chi connectivity index (χ2n) is 4.16. The molecule has 1 heterocycles. The van der Waals surface area contributed by atoms with Gasteiger partial charge in [0, 0.05) is 6.42 Å². The second kappa shape index (κ2) is 5.03. The first kappa shape index (κ1) is 12.3. The van der Waals surface area contributed by atoms with Crippen molar-refractivity contribution in [1.82, 2.24) is 0 Å². The summed E-state index contributed by atoms with van der Waals surface area (Å²) in [4.78, 5) is 12.8. The standard InChI is InChI=1S/C14H13ClOS/c1-9-4-3-5-11(6-9)8-12(16)13-7-10(2)14(15)17-13/h3-7H,8H2,1-2H3. The highest BCUT2D eigenvalue weighted by Gasteiger charge is 2.12. The summed E-state index contributed by atoms with van der Waals surface area (Å²) in [6, 6.07) is 9.89. The molecule has 0 unspecified atom stereocenters. The van der Waals surface area contributed by atoms with Crippen LogP contribution in [0.4, 0.5) is 0 Å². The predicted molar refractivity (Wildman–Crippen MR) is 73.3 cm³/mol. The number of carbonyl (C=O) groups excluding carboxylic acids is 1. The van der Waals surface area contributed by atoms with Gasteiger partial charge >= 0.3 is 0 Å². The maximum absolute atomic E-state index is 12.0. The van der Waals surface area contributed by atoms with Gasteiger partial charge < -0.3 is 0 Å². The molecule has 1 nitrogen and oxygen atoms in total. The van der Waals surface area contributed by atoms with Crippen molar-refractivity contribution in [3.05, 3.63) is 56.2 Å². The average Bonchev–Trinajstić information content (AvgIpc) is 2.59. The minimum absolute atomic E-state index is 0.135. The van der Waals surface area contributed by atoms with Crippen molar-refractivity contribution in [2.45, 2.75) is 20.3 Å². The smallest absolute Gasteiger partial charge is 0.177 e. The Balaban J connectivity index is 2.17. The first-order valence-electron chi connectivity index (χ1n) is 5.41. The van der Waals surface area contributed by atoms with Gasteiger partial charge in [0.15, 0.2) is 5.78 Å². The third kappa shape index (κ3) is 2.96. The molecule has 1 aromatic heterocycles. The number of thiophene rings is 1. The number of ketones is 1. The van der Waals surface area contributed by atoms with E-state index in [0.717, 1.165) is 16.0 Å². The molecule has 2 aromatic rings.